The molecule has 2 aromatic carbocycles. The van der Waals surface area contributed by atoms with Gasteiger partial charge in [-0.3, -0.25) is 25.0 Å². The van der Waals surface area contributed by atoms with E-state index in [4.69, 9.17) is 0 Å². The number of nitro benzene ring substituents is 1. The first-order valence-corrected chi connectivity index (χ1v) is 9.73. The molecule has 0 saturated carbocycles. The molecule has 0 aliphatic carbocycles. The predicted molar refractivity (Wildman–Crippen MR) is 116 cm³/mol. The molecule has 0 radical (unpaired) electrons. The fourth-order valence-corrected chi connectivity index (χ4v) is 3.40. The number of urea groups is 1. The van der Waals surface area contributed by atoms with Crippen LogP contribution in [0.2, 0.25) is 0 Å². The molecule has 1 fully saturated rings. The van der Waals surface area contributed by atoms with Gasteiger partial charge in [0.05, 0.1) is 16.3 Å². The number of nitro groups is 1. The van der Waals surface area contributed by atoms with Crippen molar-refractivity contribution in [1.29, 1.82) is 0 Å². The van der Waals surface area contributed by atoms with Crippen molar-refractivity contribution >= 4 is 51.2 Å². The second-order valence-corrected chi connectivity index (χ2v) is 7.43. The Morgan fingerprint density at radius 2 is 1.71 bits per heavy atom. The van der Waals surface area contributed by atoms with Gasteiger partial charge in [0.25, 0.3) is 17.5 Å². The van der Waals surface area contributed by atoms with Gasteiger partial charge in [0.15, 0.2) is 0 Å². The van der Waals surface area contributed by atoms with Crippen LogP contribution >= 0.6 is 15.9 Å². The Morgan fingerprint density at radius 1 is 0.968 bits per heavy atom. The standard InChI is InChI=1S/C21H13BrN4O5/c22-13-6-8-14(9-7-13)25-20(28)18(19(27)23-21(25)29)12-16-5-2-10-24(16)15-3-1-4-17(11-15)26(30)31/h1-12H,(H,23,27,29)/b18-12+. The number of rotatable bonds is 4. The van der Waals surface area contributed by atoms with Gasteiger partial charge in [0, 0.05) is 28.5 Å². The molecule has 1 N–H and O–H groups in total. The topological polar surface area (TPSA) is 115 Å². The summed E-state index contributed by atoms with van der Waals surface area (Å²) >= 11 is 3.29. The van der Waals surface area contributed by atoms with Crippen molar-refractivity contribution in [1.82, 2.24) is 9.88 Å². The summed E-state index contributed by atoms with van der Waals surface area (Å²) in [6.07, 6.45) is 2.99. The van der Waals surface area contributed by atoms with Crippen LogP contribution in [0.4, 0.5) is 16.2 Å². The monoisotopic (exact) mass is 480 g/mol. The van der Waals surface area contributed by atoms with Gasteiger partial charge in [-0.1, -0.05) is 22.0 Å². The molecular weight excluding hydrogens is 468 g/mol. The van der Waals surface area contributed by atoms with E-state index < -0.39 is 22.8 Å². The largest absolute Gasteiger partial charge is 0.335 e. The van der Waals surface area contributed by atoms with Crippen LogP contribution in [0.15, 0.2) is 76.9 Å². The van der Waals surface area contributed by atoms with Gasteiger partial charge in [0.2, 0.25) is 0 Å². The normalized spacial score (nSPS) is 15.3. The minimum absolute atomic E-state index is 0.0942. The number of halogens is 1. The second kappa shape index (κ2) is 8.00. The molecule has 31 heavy (non-hydrogen) atoms. The molecule has 154 valence electrons. The first-order valence-electron chi connectivity index (χ1n) is 8.94. The summed E-state index contributed by atoms with van der Waals surface area (Å²) in [5.74, 6) is -1.60. The maximum absolute atomic E-state index is 13.0. The number of hydrogen-bond donors (Lipinski definition) is 1. The minimum Gasteiger partial charge on any atom is -0.317 e. The Bertz CT molecular complexity index is 1260. The highest BCUT2D eigenvalue weighted by atomic mass is 79.9. The number of nitrogens with one attached hydrogen (secondary N) is 1. The molecule has 4 rings (SSSR count). The van der Waals surface area contributed by atoms with Gasteiger partial charge in [0.1, 0.15) is 5.57 Å². The quantitative estimate of drug-likeness (QED) is 0.264. The Hall–Kier alpha value is -4.05. The van der Waals surface area contributed by atoms with E-state index in [1.807, 2.05) is 0 Å². The van der Waals surface area contributed by atoms with Crippen molar-refractivity contribution in [2.75, 3.05) is 4.90 Å². The molecule has 0 unspecified atom stereocenters. The third-order valence-electron chi connectivity index (χ3n) is 4.58. The first-order chi connectivity index (χ1) is 14.8. The molecule has 0 atom stereocenters. The van der Waals surface area contributed by atoms with E-state index in [1.165, 1.54) is 24.3 Å². The van der Waals surface area contributed by atoms with Crippen molar-refractivity contribution in [3.8, 4) is 5.69 Å². The summed E-state index contributed by atoms with van der Waals surface area (Å²) in [4.78, 5) is 49.2. The van der Waals surface area contributed by atoms with Gasteiger partial charge in [-0.15, -0.1) is 0 Å². The lowest BCUT2D eigenvalue weighted by Gasteiger charge is -2.26. The van der Waals surface area contributed by atoms with Crippen molar-refractivity contribution < 1.29 is 19.3 Å². The first kappa shape index (κ1) is 20.2. The molecule has 4 amide bonds. The number of anilines is 1. The Morgan fingerprint density at radius 3 is 2.42 bits per heavy atom. The van der Waals surface area contributed by atoms with E-state index in [2.05, 4.69) is 21.2 Å². The Labute approximate surface area is 183 Å². The molecule has 10 heteroatoms. The van der Waals surface area contributed by atoms with E-state index in [0.29, 0.717) is 17.1 Å². The van der Waals surface area contributed by atoms with E-state index >= 15 is 0 Å². The maximum Gasteiger partial charge on any atom is 0.335 e. The van der Waals surface area contributed by atoms with Crippen LogP contribution in [0.3, 0.4) is 0 Å². The number of nitrogens with zero attached hydrogens (tertiary/aromatic N) is 3. The number of aromatic nitrogens is 1. The molecule has 3 aromatic rings. The summed E-state index contributed by atoms with van der Waals surface area (Å²) in [5, 5.41) is 13.2. The zero-order valence-electron chi connectivity index (χ0n) is 15.7. The van der Waals surface area contributed by atoms with Crippen LogP contribution in [-0.2, 0) is 9.59 Å². The lowest BCUT2D eigenvalue weighted by molar-refractivity contribution is -0.384. The summed E-state index contributed by atoms with van der Waals surface area (Å²) in [6.45, 7) is 0. The van der Waals surface area contributed by atoms with Crippen LogP contribution in [0.1, 0.15) is 5.69 Å². The van der Waals surface area contributed by atoms with Gasteiger partial charge in [-0.2, -0.15) is 0 Å². The SMILES string of the molecule is O=C1NC(=O)N(c2ccc(Br)cc2)C(=O)/C1=C/c1cccn1-c1cccc([N+](=O)[O-])c1. The number of barbiturate groups is 1. The fourth-order valence-electron chi connectivity index (χ4n) is 3.13. The Kier molecular flexibility index (Phi) is 5.22. The predicted octanol–water partition coefficient (Wildman–Crippen LogP) is 3.81. The molecular formula is C21H13BrN4O5. The highest BCUT2D eigenvalue weighted by molar-refractivity contribution is 9.10. The average Bonchev–Trinajstić information content (AvgIpc) is 3.21. The Balaban J connectivity index is 1.74. The number of carbonyl (C=O) groups excluding carboxylic acids is 3. The summed E-state index contributed by atoms with van der Waals surface area (Å²) < 4.78 is 2.36. The fraction of sp³-hybridized carbons (Fsp3) is 0. The molecule has 9 nitrogen and oxygen atoms in total. The summed E-state index contributed by atoms with van der Waals surface area (Å²) in [6, 6.07) is 14.9. The zero-order chi connectivity index (χ0) is 22.1. The van der Waals surface area contributed by atoms with E-state index in [9.17, 15) is 24.5 Å². The minimum atomic E-state index is -0.844. The molecule has 1 aliphatic heterocycles. The van der Waals surface area contributed by atoms with Crippen LogP contribution in [0, 0.1) is 10.1 Å². The van der Waals surface area contributed by atoms with Crippen LogP contribution in [0.5, 0.6) is 0 Å². The summed E-state index contributed by atoms with van der Waals surface area (Å²) in [7, 11) is 0. The number of hydrogen-bond acceptors (Lipinski definition) is 5. The van der Waals surface area contributed by atoms with Crippen molar-refractivity contribution in [2.45, 2.75) is 0 Å². The van der Waals surface area contributed by atoms with Gasteiger partial charge in [-0.25, -0.2) is 9.69 Å². The van der Waals surface area contributed by atoms with Crippen LogP contribution in [-0.4, -0.2) is 27.3 Å². The molecule has 0 bridgehead atoms. The molecule has 2 heterocycles. The number of imide groups is 2. The van der Waals surface area contributed by atoms with Gasteiger partial charge < -0.3 is 4.57 Å². The summed E-state index contributed by atoms with van der Waals surface area (Å²) in [5.41, 5.74) is 0.883. The molecule has 0 spiro atoms. The van der Waals surface area contributed by atoms with E-state index in [1.54, 1.807) is 53.2 Å². The van der Waals surface area contributed by atoms with E-state index in [-0.39, 0.29) is 11.3 Å². The van der Waals surface area contributed by atoms with Crippen molar-refractivity contribution in [3.63, 3.8) is 0 Å². The van der Waals surface area contributed by atoms with Crippen molar-refractivity contribution in [3.05, 3.63) is 92.7 Å². The number of benzene rings is 2. The third-order valence-corrected chi connectivity index (χ3v) is 5.11. The second-order valence-electron chi connectivity index (χ2n) is 6.51. The lowest BCUT2D eigenvalue weighted by atomic mass is 10.1. The molecule has 1 saturated heterocycles. The number of carbonyl (C=O) groups is 3. The highest BCUT2D eigenvalue weighted by Crippen LogP contribution is 2.25. The highest BCUT2D eigenvalue weighted by Gasteiger charge is 2.37. The lowest BCUT2D eigenvalue weighted by Crippen LogP contribution is -2.54. The smallest absolute Gasteiger partial charge is 0.317 e. The van der Waals surface area contributed by atoms with Crippen molar-refractivity contribution in [2.24, 2.45) is 0 Å². The van der Waals surface area contributed by atoms with E-state index in [0.717, 1.165) is 9.37 Å². The maximum atomic E-state index is 13.0. The van der Waals surface area contributed by atoms with Gasteiger partial charge in [-0.05, 0) is 48.5 Å². The average molecular weight is 481 g/mol. The molecule has 1 aromatic heterocycles. The zero-order valence-corrected chi connectivity index (χ0v) is 17.3. The van der Waals surface area contributed by atoms with Crippen LogP contribution in [0.25, 0.3) is 11.8 Å². The van der Waals surface area contributed by atoms with Crippen LogP contribution < -0.4 is 10.2 Å². The van der Waals surface area contributed by atoms with Gasteiger partial charge >= 0.3 is 6.03 Å². The number of amides is 4. The molecule has 1 aliphatic rings. The number of non-ortho nitro benzene ring substituents is 1. The third kappa shape index (κ3) is 3.88.